The highest BCUT2D eigenvalue weighted by Gasteiger charge is 2.35. The van der Waals surface area contributed by atoms with Gasteiger partial charge in [0.15, 0.2) is 6.61 Å². The van der Waals surface area contributed by atoms with Crippen molar-refractivity contribution in [1.82, 2.24) is 9.73 Å². The van der Waals surface area contributed by atoms with Crippen LogP contribution in [0.15, 0.2) is 87.4 Å². The Balaban J connectivity index is 1.43. The topological polar surface area (TPSA) is 118 Å². The van der Waals surface area contributed by atoms with E-state index < -0.39 is 40.6 Å². The molecular formula is C25H25N3O6S. The molecule has 0 spiro atoms. The smallest absolute Gasteiger partial charge is 0.324 e. The van der Waals surface area contributed by atoms with E-state index in [9.17, 15) is 18.0 Å². The molecule has 0 radical (unpaired) electrons. The lowest BCUT2D eigenvalue weighted by Gasteiger charge is -2.20. The Kier molecular flexibility index (Phi) is 7.13. The van der Waals surface area contributed by atoms with Crippen molar-refractivity contribution in [2.45, 2.75) is 37.2 Å². The maximum Gasteiger partial charge on any atom is 0.324 e. The van der Waals surface area contributed by atoms with E-state index in [1.54, 1.807) is 30.3 Å². The number of nitrogens with one attached hydrogen (secondary N) is 1. The van der Waals surface area contributed by atoms with Crippen LogP contribution >= 0.6 is 0 Å². The SMILES string of the molecule is Cc1ccc(C2=NN(C(=O)COC(=O)C(C)NS(=O)(=O)c3ccccc3)C(c3ccco3)C2)cc1. The molecule has 2 aromatic carbocycles. The first kappa shape index (κ1) is 24.4. The van der Waals surface area contributed by atoms with E-state index in [2.05, 4.69) is 9.82 Å². The van der Waals surface area contributed by atoms with Crippen LogP contribution in [-0.4, -0.2) is 43.7 Å². The van der Waals surface area contributed by atoms with Gasteiger partial charge in [-0.25, -0.2) is 13.4 Å². The van der Waals surface area contributed by atoms with Gasteiger partial charge in [-0.3, -0.25) is 9.59 Å². The Hall–Kier alpha value is -3.76. The summed E-state index contributed by atoms with van der Waals surface area (Å²) in [5.41, 5.74) is 2.69. The summed E-state index contributed by atoms with van der Waals surface area (Å²) in [6, 6.07) is 17.3. The van der Waals surface area contributed by atoms with Gasteiger partial charge in [0.05, 0.1) is 16.9 Å². The Morgan fingerprint density at radius 3 is 2.49 bits per heavy atom. The van der Waals surface area contributed by atoms with Crippen molar-refractivity contribution in [2.75, 3.05) is 6.61 Å². The number of hydrogen-bond donors (Lipinski definition) is 1. The van der Waals surface area contributed by atoms with Crippen LogP contribution in [0.2, 0.25) is 0 Å². The van der Waals surface area contributed by atoms with Gasteiger partial charge in [0, 0.05) is 6.42 Å². The molecule has 0 saturated heterocycles. The number of amides is 1. The van der Waals surface area contributed by atoms with Gasteiger partial charge in [0.1, 0.15) is 17.8 Å². The summed E-state index contributed by atoms with van der Waals surface area (Å²) in [5, 5.41) is 5.73. The molecule has 1 N–H and O–H groups in total. The van der Waals surface area contributed by atoms with Gasteiger partial charge in [0.25, 0.3) is 5.91 Å². The number of nitrogens with zero attached hydrogens (tertiary/aromatic N) is 2. The molecule has 9 nitrogen and oxygen atoms in total. The highest BCUT2D eigenvalue weighted by Crippen LogP contribution is 2.33. The summed E-state index contributed by atoms with van der Waals surface area (Å²) < 4.78 is 37.8. The Labute approximate surface area is 203 Å². The molecular weight excluding hydrogens is 470 g/mol. The van der Waals surface area contributed by atoms with E-state index in [1.165, 1.54) is 30.3 Å². The van der Waals surface area contributed by atoms with Crippen molar-refractivity contribution < 1.29 is 27.2 Å². The number of esters is 1. The Morgan fingerprint density at radius 2 is 1.83 bits per heavy atom. The molecule has 1 aromatic heterocycles. The first-order valence-electron chi connectivity index (χ1n) is 11.0. The van der Waals surface area contributed by atoms with E-state index in [-0.39, 0.29) is 4.90 Å². The molecule has 0 fully saturated rings. The van der Waals surface area contributed by atoms with Crippen molar-refractivity contribution in [2.24, 2.45) is 5.10 Å². The lowest BCUT2D eigenvalue weighted by atomic mass is 10.0. The van der Waals surface area contributed by atoms with Crippen molar-refractivity contribution in [1.29, 1.82) is 0 Å². The van der Waals surface area contributed by atoms with Crippen LogP contribution in [0, 0.1) is 6.92 Å². The minimum atomic E-state index is -3.92. The zero-order valence-electron chi connectivity index (χ0n) is 19.2. The number of furan rings is 1. The number of benzene rings is 2. The van der Waals surface area contributed by atoms with Crippen LogP contribution in [0.4, 0.5) is 0 Å². The number of hydrogen-bond acceptors (Lipinski definition) is 7. The Morgan fingerprint density at radius 1 is 1.11 bits per heavy atom. The van der Waals surface area contributed by atoms with E-state index in [4.69, 9.17) is 9.15 Å². The van der Waals surface area contributed by atoms with Gasteiger partial charge in [-0.15, -0.1) is 0 Å². The largest absolute Gasteiger partial charge is 0.467 e. The van der Waals surface area contributed by atoms with Crippen molar-refractivity contribution in [3.63, 3.8) is 0 Å². The van der Waals surface area contributed by atoms with E-state index >= 15 is 0 Å². The zero-order valence-corrected chi connectivity index (χ0v) is 20.1. The molecule has 0 saturated carbocycles. The maximum absolute atomic E-state index is 13.0. The molecule has 2 heterocycles. The summed E-state index contributed by atoms with van der Waals surface area (Å²) >= 11 is 0. The highest BCUT2D eigenvalue weighted by atomic mass is 32.2. The van der Waals surface area contributed by atoms with Crippen LogP contribution in [0.3, 0.4) is 0 Å². The average molecular weight is 496 g/mol. The van der Waals surface area contributed by atoms with Gasteiger partial charge in [-0.05, 0) is 43.7 Å². The molecule has 1 amide bonds. The summed E-state index contributed by atoms with van der Waals surface area (Å²) in [7, 11) is -3.92. The number of carbonyl (C=O) groups is 2. The number of sulfonamides is 1. The number of carbonyl (C=O) groups excluding carboxylic acids is 2. The normalized spacial score (nSPS) is 16.6. The third-order valence-corrected chi connectivity index (χ3v) is 7.06. The molecule has 0 bridgehead atoms. The molecule has 10 heteroatoms. The number of aryl methyl sites for hydroxylation is 1. The number of hydrazone groups is 1. The van der Waals surface area contributed by atoms with Gasteiger partial charge in [-0.2, -0.15) is 9.82 Å². The molecule has 0 aliphatic carbocycles. The number of ether oxygens (including phenoxy) is 1. The average Bonchev–Trinajstić information content (AvgIpc) is 3.53. The summed E-state index contributed by atoms with van der Waals surface area (Å²) in [6.07, 6.45) is 1.95. The van der Waals surface area contributed by atoms with Crippen LogP contribution in [0.1, 0.15) is 36.3 Å². The van der Waals surface area contributed by atoms with Gasteiger partial charge in [0.2, 0.25) is 10.0 Å². The second-order valence-electron chi connectivity index (χ2n) is 8.15. The fourth-order valence-electron chi connectivity index (χ4n) is 3.64. The molecule has 2 unspecified atom stereocenters. The third-order valence-electron chi connectivity index (χ3n) is 5.50. The van der Waals surface area contributed by atoms with Crippen molar-refractivity contribution in [3.8, 4) is 0 Å². The lowest BCUT2D eigenvalue weighted by Crippen LogP contribution is -2.41. The molecule has 3 aromatic rings. The summed E-state index contributed by atoms with van der Waals surface area (Å²) in [5.74, 6) is -0.881. The third kappa shape index (κ3) is 5.67. The molecule has 1 aliphatic rings. The second kappa shape index (κ2) is 10.2. The maximum atomic E-state index is 13.0. The monoisotopic (exact) mass is 495 g/mol. The quantitative estimate of drug-likeness (QED) is 0.480. The minimum absolute atomic E-state index is 0.0204. The molecule has 1 aliphatic heterocycles. The first-order valence-corrected chi connectivity index (χ1v) is 12.5. The molecule has 4 rings (SSSR count). The number of rotatable bonds is 8. The summed E-state index contributed by atoms with van der Waals surface area (Å²) in [6.45, 7) is 2.73. The van der Waals surface area contributed by atoms with E-state index in [0.717, 1.165) is 11.1 Å². The van der Waals surface area contributed by atoms with Crippen LogP contribution in [-0.2, 0) is 24.3 Å². The predicted octanol–water partition coefficient (Wildman–Crippen LogP) is 3.18. The molecule has 35 heavy (non-hydrogen) atoms. The first-order chi connectivity index (χ1) is 16.7. The standard InChI is InChI=1S/C25H25N3O6S/c1-17-10-12-19(13-11-17)21-15-22(23-9-6-14-33-23)28(26-21)24(29)16-34-25(30)18(2)27-35(31,32)20-7-4-3-5-8-20/h3-14,18,22,27H,15-16H2,1-2H3. The zero-order chi connectivity index (χ0) is 25.0. The molecule has 182 valence electrons. The van der Waals surface area contributed by atoms with E-state index in [1.807, 2.05) is 31.2 Å². The van der Waals surface area contributed by atoms with Gasteiger partial charge >= 0.3 is 5.97 Å². The van der Waals surface area contributed by atoms with Crippen LogP contribution in [0.5, 0.6) is 0 Å². The summed E-state index contributed by atoms with van der Waals surface area (Å²) in [4.78, 5) is 25.4. The Bertz CT molecular complexity index is 1320. The van der Waals surface area contributed by atoms with Gasteiger partial charge in [-0.1, -0.05) is 48.0 Å². The van der Waals surface area contributed by atoms with Crippen molar-refractivity contribution in [3.05, 3.63) is 89.9 Å². The predicted molar refractivity (Wildman–Crippen MR) is 128 cm³/mol. The van der Waals surface area contributed by atoms with E-state index in [0.29, 0.717) is 17.9 Å². The highest BCUT2D eigenvalue weighted by molar-refractivity contribution is 7.89. The van der Waals surface area contributed by atoms with Crippen LogP contribution in [0.25, 0.3) is 0 Å². The van der Waals surface area contributed by atoms with Gasteiger partial charge < -0.3 is 9.15 Å². The fourth-order valence-corrected chi connectivity index (χ4v) is 4.85. The fraction of sp³-hybridized carbons (Fsp3) is 0.240. The van der Waals surface area contributed by atoms with Crippen LogP contribution < -0.4 is 4.72 Å². The van der Waals surface area contributed by atoms with Crippen molar-refractivity contribution >= 4 is 27.6 Å². The lowest BCUT2D eigenvalue weighted by molar-refractivity contribution is -0.154. The second-order valence-corrected chi connectivity index (χ2v) is 9.86. The molecule has 2 atom stereocenters. The minimum Gasteiger partial charge on any atom is -0.467 e.